The summed E-state index contributed by atoms with van der Waals surface area (Å²) < 4.78 is 5.19. The Kier molecular flexibility index (Phi) is 6.14. The first-order valence-corrected chi connectivity index (χ1v) is 7.53. The summed E-state index contributed by atoms with van der Waals surface area (Å²) in [5.41, 5.74) is 0.718. The Morgan fingerprint density at radius 3 is 2.73 bits per heavy atom. The zero-order chi connectivity index (χ0) is 15.8. The number of hydrogen-bond acceptors (Lipinski definition) is 5. The second kappa shape index (κ2) is 8.33. The standard InChI is InChI=1S/C15H21N3O4/c19-15(17-9-4-1-5-10-17)22-11-8-16-12-13-6-2-3-7-14(13)18(20)21/h2-3,6-7,16H,1,4-5,8-12H2. The van der Waals surface area contributed by atoms with E-state index in [2.05, 4.69) is 5.32 Å². The number of nitrogens with one attached hydrogen (secondary N) is 1. The van der Waals surface area contributed by atoms with Crippen LogP contribution < -0.4 is 5.32 Å². The van der Waals surface area contributed by atoms with Crippen LogP contribution in [0.5, 0.6) is 0 Å². The molecule has 1 aromatic rings. The monoisotopic (exact) mass is 307 g/mol. The molecule has 22 heavy (non-hydrogen) atoms. The Morgan fingerprint density at radius 1 is 1.27 bits per heavy atom. The number of nitro benzene ring substituents is 1. The second-order valence-corrected chi connectivity index (χ2v) is 5.22. The van der Waals surface area contributed by atoms with Crippen molar-refractivity contribution in [3.8, 4) is 0 Å². The molecule has 0 saturated carbocycles. The largest absolute Gasteiger partial charge is 0.448 e. The molecule has 7 heteroatoms. The Hall–Kier alpha value is -2.15. The third-order valence-corrected chi connectivity index (χ3v) is 3.62. The van der Waals surface area contributed by atoms with Gasteiger partial charge in [-0.1, -0.05) is 18.2 Å². The highest BCUT2D eigenvalue weighted by atomic mass is 16.6. The van der Waals surface area contributed by atoms with Crippen molar-refractivity contribution in [3.05, 3.63) is 39.9 Å². The summed E-state index contributed by atoms with van der Waals surface area (Å²) in [5, 5.41) is 13.9. The molecule has 1 fully saturated rings. The molecule has 0 aliphatic carbocycles. The minimum Gasteiger partial charge on any atom is -0.448 e. The van der Waals surface area contributed by atoms with Crippen molar-refractivity contribution in [2.45, 2.75) is 25.8 Å². The summed E-state index contributed by atoms with van der Waals surface area (Å²) in [5.74, 6) is 0. The predicted octanol–water partition coefficient (Wildman–Crippen LogP) is 2.31. The van der Waals surface area contributed by atoms with E-state index in [1.165, 1.54) is 12.5 Å². The molecule has 1 heterocycles. The summed E-state index contributed by atoms with van der Waals surface area (Å²) in [6, 6.07) is 6.60. The van der Waals surface area contributed by atoms with E-state index in [0.29, 0.717) is 18.7 Å². The molecule has 0 bridgehead atoms. The van der Waals surface area contributed by atoms with Gasteiger partial charge in [-0.15, -0.1) is 0 Å². The third kappa shape index (κ3) is 4.70. The number of hydrogen-bond donors (Lipinski definition) is 1. The molecule has 1 aliphatic heterocycles. The van der Waals surface area contributed by atoms with Gasteiger partial charge in [-0.05, 0) is 19.3 Å². The average Bonchev–Trinajstić information content (AvgIpc) is 2.55. The number of rotatable bonds is 6. The smallest absolute Gasteiger partial charge is 0.409 e. The van der Waals surface area contributed by atoms with Gasteiger partial charge in [-0.25, -0.2) is 4.79 Å². The van der Waals surface area contributed by atoms with Crippen molar-refractivity contribution in [1.29, 1.82) is 0 Å². The fourth-order valence-electron chi connectivity index (χ4n) is 2.44. The van der Waals surface area contributed by atoms with Crippen LogP contribution in [0, 0.1) is 10.1 Å². The van der Waals surface area contributed by atoms with Crippen molar-refractivity contribution in [1.82, 2.24) is 10.2 Å². The van der Waals surface area contributed by atoms with Gasteiger partial charge in [-0.2, -0.15) is 0 Å². The second-order valence-electron chi connectivity index (χ2n) is 5.22. The van der Waals surface area contributed by atoms with Crippen molar-refractivity contribution >= 4 is 11.8 Å². The lowest BCUT2D eigenvalue weighted by Crippen LogP contribution is -2.37. The van der Waals surface area contributed by atoms with Gasteiger partial charge in [0.2, 0.25) is 0 Å². The van der Waals surface area contributed by atoms with Gasteiger partial charge in [0.05, 0.1) is 4.92 Å². The lowest BCUT2D eigenvalue weighted by Gasteiger charge is -2.25. The molecule has 1 N–H and O–H groups in total. The van der Waals surface area contributed by atoms with Crippen LogP contribution in [0.15, 0.2) is 24.3 Å². The van der Waals surface area contributed by atoms with Gasteiger partial charge in [0.25, 0.3) is 5.69 Å². The van der Waals surface area contributed by atoms with E-state index >= 15 is 0 Å². The molecule has 2 rings (SSSR count). The Bertz CT molecular complexity index is 515. The van der Waals surface area contributed by atoms with E-state index in [4.69, 9.17) is 4.74 Å². The number of amides is 1. The van der Waals surface area contributed by atoms with Crippen LogP contribution in [0.4, 0.5) is 10.5 Å². The lowest BCUT2D eigenvalue weighted by molar-refractivity contribution is -0.385. The van der Waals surface area contributed by atoms with Crippen molar-refractivity contribution in [3.63, 3.8) is 0 Å². The molecule has 7 nitrogen and oxygen atoms in total. The average molecular weight is 307 g/mol. The van der Waals surface area contributed by atoms with Crippen molar-refractivity contribution in [2.24, 2.45) is 0 Å². The molecule has 0 unspecified atom stereocenters. The molecular formula is C15H21N3O4. The highest BCUT2D eigenvalue weighted by Gasteiger charge is 2.17. The van der Waals surface area contributed by atoms with E-state index in [9.17, 15) is 14.9 Å². The van der Waals surface area contributed by atoms with Gasteiger partial charge in [0.1, 0.15) is 6.61 Å². The van der Waals surface area contributed by atoms with Gasteiger partial charge in [0, 0.05) is 37.8 Å². The van der Waals surface area contributed by atoms with E-state index < -0.39 is 4.92 Å². The highest BCUT2D eigenvalue weighted by molar-refractivity contribution is 5.67. The number of ether oxygens (including phenoxy) is 1. The van der Waals surface area contributed by atoms with Gasteiger partial charge < -0.3 is 15.0 Å². The number of nitro groups is 1. The summed E-state index contributed by atoms with van der Waals surface area (Å²) in [7, 11) is 0. The van der Waals surface area contributed by atoms with Crippen LogP contribution in [-0.2, 0) is 11.3 Å². The predicted molar refractivity (Wildman–Crippen MR) is 81.6 cm³/mol. The van der Waals surface area contributed by atoms with E-state index in [1.807, 2.05) is 0 Å². The van der Waals surface area contributed by atoms with E-state index in [0.717, 1.165) is 25.9 Å². The number of benzene rings is 1. The number of carbonyl (C=O) groups is 1. The topological polar surface area (TPSA) is 84.7 Å². The Balaban J connectivity index is 1.67. The molecule has 0 radical (unpaired) electrons. The van der Waals surface area contributed by atoms with Gasteiger partial charge in [-0.3, -0.25) is 10.1 Å². The third-order valence-electron chi connectivity index (χ3n) is 3.62. The maximum Gasteiger partial charge on any atom is 0.409 e. The number of nitrogens with zero attached hydrogens (tertiary/aromatic N) is 2. The zero-order valence-electron chi connectivity index (χ0n) is 12.5. The fourth-order valence-corrected chi connectivity index (χ4v) is 2.44. The minimum atomic E-state index is -0.395. The molecule has 0 spiro atoms. The Labute approximate surface area is 129 Å². The first-order valence-electron chi connectivity index (χ1n) is 7.53. The summed E-state index contributed by atoms with van der Waals surface area (Å²) in [4.78, 5) is 24.0. The van der Waals surface area contributed by atoms with Crippen LogP contribution in [0.2, 0.25) is 0 Å². The maximum absolute atomic E-state index is 11.8. The van der Waals surface area contributed by atoms with Crippen LogP contribution in [0.3, 0.4) is 0 Å². The SMILES string of the molecule is O=C(OCCNCc1ccccc1[N+](=O)[O-])N1CCCCC1. The lowest BCUT2D eigenvalue weighted by atomic mass is 10.1. The van der Waals surface area contributed by atoms with E-state index in [-0.39, 0.29) is 18.4 Å². The maximum atomic E-state index is 11.8. The number of carbonyl (C=O) groups excluding carboxylic acids is 1. The molecular weight excluding hydrogens is 286 g/mol. The van der Waals surface area contributed by atoms with Crippen LogP contribution in [-0.4, -0.2) is 42.2 Å². The summed E-state index contributed by atoms with van der Waals surface area (Å²) >= 11 is 0. The summed E-state index contributed by atoms with van der Waals surface area (Å²) in [6.07, 6.45) is 2.96. The van der Waals surface area contributed by atoms with Crippen LogP contribution >= 0.6 is 0 Å². The first kappa shape index (κ1) is 16.2. The number of para-hydroxylation sites is 1. The first-order chi connectivity index (χ1) is 10.7. The van der Waals surface area contributed by atoms with Crippen LogP contribution in [0.1, 0.15) is 24.8 Å². The Morgan fingerprint density at radius 2 is 2.00 bits per heavy atom. The van der Waals surface area contributed by atoms with Crippen molar-refractivity contribution in [2.75, 3.05) is 26.2 Å². The van der Waals surface area contributed by atoms with Crippen molar-refractivity contribution < 1.29 is 14.5 Å². The fraction of sp³-hybridized carbons (Fsp3) is 0.533. The summed E-state index contributed by atoms with van der Waals surface area (Å²) in [6.45, 7) is 2.63. The molecule has 1 amide bonds. The van der Waals surface area contributed by atoms with Gasteiger partial charge >= 0.3 is 6.09 Å². The number of likely N-dealkylation sites (tertiary alicyclic amines) is 1. The number of piperidine rings is 1. The molecule has 0 aromatic heterocycles. The van der Waals surface area contributed by atoms with E-state index in [1.54, 1.807) is 23.1 Å². The molecule has 1 aromatic carbocycles. The normalized spacial score (nSPS) is 14.6. The van der Waals surface area contributed by atoms with Gasteiger partial charge in [0.15, 0.2) is 0 Å². The molecule has 120 valence electrons. The quantitative estimate of drug-likeness (QED) is 0.495. The molecule has 0 atom stereocenters. The van der Waals surface area contributed by atoms with Crippen LogP contribution in [0.25, 0.3) is 0 Å². The molecule has 1 aliphatic rings. The highest BCUT2D eigenvalue weighted by Crippen LogP contribution is 2.16. The molecule has 1 saturated heterocycles. The minimum absolute atomic E-state index is 0.0975. The zero-order valence-corrected chi connectivity index (χ0v) is 12.5.